The number of hydrogen-bond donors (Lipinski definition) is 2. The Morgan fingerprint density at radius 2 is 1.95 bits per heavy atom. The van der Waals surface area contributed by atoms with Gasteiger partial charge in [-0.2, -0.15) is 0 Å². The fraction of sp³-hybridized carbons (Fsp3) is 0.154. The molecule has 0 saturated carbocycles. The Hall–Kier alpha value is -1.34. The smallest absolute Gasteiger partial charge is 0.263 e. The van der Waals surface area contributed by atoms with Crippen molar-refractivity contribution in [1.29, 1.82) is 0 Å². The number of hydrogen-bond acceptors (Lipinski definition) is 4. The van der Waals surface area contributed by atoms with Crippen LogP contribution in [0.5, 0.6) is 0 Å². The number of nitrogens with zero attached hydrogens (tertiary/aromatic N) is 1. The molecule has 1 aromatic heterocycles. The molecular formula is C13H12Cl2N2O3S. The summed E-state index contributed by atoms with van der Waals surface area (Å²) in [5.74, 6) is 0. The van der Waals surface area contributed by atoms with Crippen molar-refractivity contribution in [1.82, 2.24) is 4.98 Å². The third-order valence-corrected chi connectivity index (χ3v) is 4.85. The highest BCUT2D eigenvalue weighted by atomic mass is 35.5. The maximum atomic E-state index is 12.4. The zero-order valence-electron chi connectivity index (χ0n) is 11.0. The van der Waals surface area contributed by atoms with Gasteiger partial charge in [0, 0.05) is 11.2 Å². The molecule has 2 rings (SSSR count). The predicted molar refractivity (Wildman–Crippen MR) is 82.2 cm³/mol. The van der Waals surface area contributed by atoms with E-state index in [0.29, 0.717) is 5.69 Å². The normalized spacial score (nSPS) is 11.4. The van der Waals surface area contributed by atoms with Gasteiger partial charge in [-0.25, -0.2) is 8.42 Å². The number of nitrogens with one attached hydrogen (secondary N) is 1. The molecule has 0 bridgehead atoms. The topological polar surface area (TPSA) is 79.3 Å². The highest BCUT2D eigenvalue weighted by Crippen LogP contribution is 2.30. The van der Waals surface area contributed by atoms with Crippen LogP contribution in [-0.4, -0.2) is 18.5 Å². The molecule has 1 aromatic carbocycles. The second-order valence-electron chi connectivity index (χ2n) is 4.39. The van der Waals surface area contributed by atoms with Crippen molar-refractivity contribution in [3.63, 3.8) is 0 Å². The van der Waals surface area contributed by atoms with E-state index >= 15 is 0 Å². The number of anilines is 1. The van der Waals surface area contributed by atoms with Crippen LogP contribution in [0.2, 0.25) is 10.0 Å². The van der Waals surface area contributed by atoms with E-state index in [1.807, 2.05) is 0 Å². The van der Waals surface area contributed by atoms with Crippen molar-refractivity contribution in [3.05, 3.63) is 51.8 Å². The van der Waals surface area contributed by atoms with E-state index in [-0.39, 0.29) is 20.5 Å². The molecular weight excluding hydrogens is 335 g/mol. The van der Waals surface area contributed by atoms with Gasteiger partial charge >= 0.3 is 0 Å². The summed E-state index contributed by atoms with van der Waals surface area (Å²) >= 11 is 11.9. The number of halogens is 2. The summed E-state index contributed by atoms with van der Waals surface area (Å²) in [4.78, 5) is 3.72. The number of sulfonamides is 1. The van der Waals surface area contributed by atoms with Gasteiger partial charge in [-0.3, -0.25) is 9.71 Å². The fourth-order valence-corrected chi connectivity index (χ4v) is 3.71. The Morgan fingerprint density at radius 1 is 1.24 bits per heavy atom. The first-order valence-electron chi connectivity index (χ1n) is 5.87. The molecule has 0 amide bonds. The van der Waals surface area contributed by atoms with E-state index in [9.17, 15) is 13.5 Å². The SMILES string of the molecule is Cc1cncc(NS(=O)(=O)c2cc(Cl)cc(CO)c2Cl)c1. The second kappa shape index (κ2) is 6.19. The molecule has 0 atom stereocenters. The lowest BCUT2D eigenvalue weighted by molar-refractivity contribution is 0.281. The molecule has 0 spiro atoms. The lowest BCUT2D eigenvalue weighted by Gasteiger charge is -2.12. The molecule has 0 saturated heterocycles. The van der Waals surface area contributed by atoms with Crippen molar-refractivity contribution in [2.75, 3.05) is 4.72 Å². The monoisotopic (exact) mass is 346 g/mol. The third-order valence-electron chi connectivity index (χ3n) is 2.67. The van der Waals surface area contributed by atoms with Crippen LogP contribution in [-0.2, 0) is 16.6 Å². The molecule has 0 aliphatic carbocycles. The minimum absolute atomic E-state index is 0.0602. The average Bonchev–Trinajstić information content (AvgIpc) is 2.40. The summed E-state index contributed by atoms with van der Waals surface area (Å²) in [6, 6.07) is 4.28. The molecule has 8 heteroatoms. The standard InChI is InChI=1S/C13H12Cl2N2O3S/c1-8-2-11(6-16-5-8)17-21(19,20)12-4-10(14)3-9(7-18)13(12)15/h2-6,17-18H,7H2,1H3. The Kier molecular flexibility index (Phi) is 4.73. The summed E-state index contributed by atoms with van der Waals surface area (Å²) in [5, 5.41) is 9.30. The number of benzene rings is 1. The van der Waals surface area contributed by atoms with Crippen LogP contribution >= 0.6 is 23.2 Å². The Morgan fingerprint density at radius 3 is 2.57 bits per heavy atom. The van der Waals surface area contributed by atoms with Gasteiger partial charge in [0.1, 0.15) is 4.90 Å². The van der Waals surface area contributed by atoms with E-state index in [1.165, 1.54) is 18.3 Å². The summed E-state index contributed by atoms with van der Waals surface area (Å²) in [6.07, 6.45) is 2.99. The summed E-state index contributed by atoms with van der Waals surface area (Å²) < 4.78 is 27.2. The number of aromatic nitrogens is 1. The van der Waals surface area contributed by atoms with Gasteiger partial charge in [-0.05, 0) is 36.2 Å². The van der Waals surface area contributed by atoms with Crippen LogP contribution < -0.4 is 4.72 Å². The van der Waals surface area contributed by atoms with Gasteiger partial charge in [0.2, 0.25) is 0 Å². The Bertz CT molecular complexity index is 779. The first-order chi connectivity index (χ1) is 9.83. The van der Waals surface area contributed by atoms with Crippen LogP contribution in [0, 0.1) is 6.92 Å². The average molecular weight is 347 g/mol. The van der Waals surface area contributed by atoms with Crippen LogP contribution in [0.3, 0.4) is 0 Å². The largest absolute Gasteiger partial charge is 0.392 e. The molecule has 0 fully saturated rings. The molecule has 1 heterocycles. The number of rotatable bonds is 4. The molecule has 0 unspecified atom stereocenters. The predicted octanol–water partition coefficient (Wildman–Crippen LogP) is 2.99. The van der Waals surface area contributed by atoms with Gasteiger partial charge in [0.25, 0.3) is 10.0 Å². The number of pyridine rings is 1. The van der Waals surface area contributed by atoms with Crippen LogP contribution in [0.1, 0.15) is 11.1 Å². The van der Waals surface area contributed by atoms with Crippen LogP contribution in [0.4, 0.5) is 5.69 Å². The van der Waals surface area contributed by atoms with E-state index in [2.05, 4.69) is 9.71 Å². The summed E-state index contributed by atoms with van der Waals surface area (Å²) in [5.41, 5.74) is 1.37. The Balaban J connectivity index is 2.47. The maximum Gasteiger partial charge on any atom is 0.263 e. The summed E-state index contributed by atoms with van der Waals surface area (Å²) in [7, 11) is -3.93. The van der Waals surface area contributed by atoms with E-state index in [1.54, 1.807) is 19.2 Å². The zero-order valence-corrected chi connectivity index (χ0v) is 13.3. The van der Waals surface area contributed by atoms with Gasteiger partial charge < -0.3 is 5.11 Å². The molecule has 0 aliphatic heterocycles. The summed E-state index contributed by atoms with van der Waals surface area (Å²) in [6.45, 7) is 1.38. The second-order valence-corrected chi connectivity index (χ2v) is 6.86. The van der Waals surface area contributed by atoms with Gasteiger partial charge in [-0.15, -0.1) is 0 Å². The van der Waals surface area contributed by atoms with Gasteiger partial charge in [-0.1, -0.05) is 23.2 Å². The van der Waals surface area contributed by atoms with Crippen molar-refractivity contribution in [2.24, 2.45) is 0 Å². The van der Waals surface area contributed by atoms with E-state index in [4.69, 9.17) is 23.2 Å². The minimum atomic E-state index is -3.93. The van der Waals surface area contributed by atoms with Crippen molar-refractivity contribution < 1.29 is 13.5 Å². The molecule has 21 heavy (non-hydrogen) atoms. The van der Waals surface area contributed by atoms with E-state index in [0.717, 1.165) is 5.56 Å². The van der Waals surface area contributed by atoms with Crippen molar-refractivity contribution in [2.45, 2.75) is 18.4 Å². The molecule has 112 valence electrons. The molecule has 2 aromatic rings. The van der Waals surface area contributed by atoms with Crippen molar-refractivity contribution in [3.8, 4) is 0 Å². The zero-order chi connectivity index (χ0) is 15.6. The van der Waals surface area contributed by atoms with E-state index < -0.39 is 16.6 Å². The van der Waals surface area contributed by atoms with Gasteiger partial charge in [0.15, 0.2) is 0 Å². The number of aryl methyl sites for hydroxylation is 1. The molecule has 0 radical (unpaired) electrons. The first kappa shape index (κ1) is 16.0. The van der Waals surface area contributed by atoms with Crippen molar-refractivity contribution >= 4 is 38.9 Å². The molecule has 0 aliphatic rings. The minimum Gasteiger partial charge on any atom is -0.392 e. The third kappa shape index (κ3) is 3.65. The van der Waals surface area contributed by atoms with Crippen LogP contribution in [0.15, 0.2) is 35.5 Å². The molecule has 5 nitrogen and oxygen atoms in total. The fourth-order valence-electron chi connectivity index (χ4n) is 1.75. The highest BCUT2D eigenvalue weighted by Gasteiger charge is 2.21. The van der Waals surface area contributed by atoms with Crippen LogP contribution in [0.25, 0.3) is 0 Å². The maximum absolute atomic E-state index is 12.4. The highest BCUT2D eigenvalue weighted by molar-refractivity contribution is 7.92. The van der Waals surface area contributed by atoms with Gasteiger partial charge in [0.05, 0.1) is 23.5 Å². The lowest BCUT2D eigenvalue weighted by Crippen LogP contribution is -2.14. The molecule has 2 N–H and O–H groups in total. The quantitative estimate of drug-likeness (QED) is 0.891. The number of aliphatic hydroxyl groups excluding tert-OH is 1. The Labute approximate surface area is 132 Å². The number of aliphatic hydroxyl groups is 1. The lowest BCUT2D eigenvalue weighted by atomic mass is 10.2. The first-order valence-corrected chi connectivity index (χ1v) is 8.10.